The third-order valence-electron chi connectivity index (χ3n) is 5.26. The zero-order chi connectivity index (χ0) is 22.0. The minimum Gasteiger partial charge on any atom is -0.491 e. The van der Waals surface area contributed by atoms with E-state index in [9.17, 15) is 28.2 Å². The fourth-order valence-corrected chi connectivity index (χ4v) is 3.61. The van der Waals surface area contributed by atoms with Crippen LogP contribution < -0.4 is 4.74 Å². The standard InChI is InChI=1S/C23H29F3O4/c24-23(25,26)18-8-6-9-20(15-18)30-16-19(28)11-12-21-17(10-13-22(21)29)7-4-2-1-3-5-14-27/h2,4,6,8-9,11-12,14-15,17,19,21-22,28-29H,1,3,5,7,10,13,16H2/b4-2-,12-11+/t17-,19+,21+,22+/m0/s1. The normalized spacial score (nSPS) is 23.3. The number of benzene rings is 1. The quantitative estimate of drug-likeness (QED) is 0.306. The molecule has 0 aliphatic heterocycles. The fraction of sp³-hybridized carbons (Fsp3) is 0.522. The Hall–Kier alpha value is -2.12. The predicted octanol–water partition coefficient (Wildman–Crippen LogP) is 4.70. The van der Waals surface area contributed by atoms with Gasteiger partial charge in [0, 0.05) is 12.3 Å². The van der Waals surface area contributed by atoms with Crippen LogP contribution in [0, 0.1) is 11.8 Å². The number of hydrogen-bond acceptors (Lipinski definition) is 4. The number of hydrogen-bond donors (Lipinski definition) is 2. The average molecular weight is 426 g/mol. The molecule has 1 saturated carbocycles. The number of carbonyl (C=O) groups excluding carboxylic acids is 1. The van der Waals surface area contributed by atoms with E-state index >= 15 is 0 Å². The van der Waals surface area contributed by atoms with Gasteiger partial charge in [-0.05, 0) is 56.2 Å². The van der Waals surface area contributed by atoms with E-state index in [2.05, 4.69) is 6.08 Å². The van der Waals surface area contributed by atoms with Gasteiger partial charge in [0.2, 0.25) is 0 Å². The molecule has 0 unspecified atom stereocenters. The van der Waals surface area contributed by atoms with Crippen LogP contribution in [0.5, 0.6) is 5.75 Å². The molecule has 0 saturated heterocycles. The van der Waals surface area contributed by atoms with Gasteiger partial charge < -0.3 is 19.7 Å². The maximum absolute atomic E-state index is 12.7. The summed E-state index contributed by atoms with van der Waals surface area (Å²) in [5.74, 6) is 0.207. The van der Waals surface area contributed by atoms with E-state index in [4.69, 9.17) is 4.74 Å². The van der Waals surface area contributed by atoms with E-state index in [0.29, 0.717) is 12.8 Å². The highest BCUT2D eigenvalue weighted by molar-refractivity contribution is 5.49. The molecule has 0 amide bonds. The first kappa shape index (κ1) is 24.2. The van der Waals surface area contributed by atoms with Crippen LogP contribution in [-0.2, 0) is 11.0 Å². The first-order valence-corrected chi connectivity index (χ1v) is 10.2. The molecule has 7 heteroatoms. The second-order valence-electron chi connectivity index (χ2n) is 7.58. The molecule has 2 N–H and O–H groups in total. The van der Waals surface area contributed by atoms with Crippen LogP contribution >= 0.6 is 0 Å². The summed E-state index contributed by atoms with van der Waals surface area (Å²) in [5, 5.41) is 20.3. The van der Waals surface area contributed by atoms with Gasteiger partial charge in [-0.1, -0.05) is 30.4 Å². The molecule has 0 spiro atoms. The second-order valence-corrected chi connectivity index (χ2v) is 7.58. The van der Waals surface area contributed by atoms with Crippen molar-refractivity contribution >= 4 is 6.29 Å². The molecule has 2 rings (SSSR count). The van der Waals surface area contributed by atoms with E-state index < -0.39 is 23.9 Å². The lowest BCUT2D eigenvalue weighted by Gasteiger charge is -2.18. The van der Waals surface area contributed by atoms with Crippen molar-refractivity contribution < 1.29 is 32.9 Å². The van der Waals surface area contributed by atoms with E-state index in [-0.39, 0.29) is 24.2 Å². The summed E-state index contributed by atoms with van der Waals surface area (Å²) >= 11 is 0. The van der Waals surface area contributed by atoms with Crippen LogP contribution in [0.3, 0.4) is 0 Å². The molecule has 1 aromatic carbocycles. The van der Waals surface area contributed by atoms with Crippen LogP contribution in [-0.4, -0.2) is 35.3 Å². The lowest BCUT2D eigenvalue weighted by atomic mass is 9.91. The van der Waals surface area contributed by atoms with Crippen LogP contribution in [0.4, 0.5) is 13.2 Å². The summed E-state index contributed by atoms with van der Waals surface area (Å²) in [4.78, 5) is 10.3. The topological polar surface area (TPSA) is 66.8 Å². The molecule has 1 aliphatic rings. The average Bonchev–Trinajstić information content (AvgIpc) is 3.06. The number of rotatable bonds is 11. The summed E-state index contributed by atoms with van der Waals surface area (Å²) in [5.41, 5.74) is -0.804. The Kier molecular flexibility index (Phi) is 9.59. The van der Waals surface area contributed by atoms with Crippen molar-refractivity contribution in [3.8, 4) is 5.75 Å². The number of aliphatic hydroxyl groups is 2. The number of carbonyl (C=O) groups is 1. The summed E-state index contributed by atoms with van der Waals surface area (Å²) in [7, 11) is 0. The molecule has 4 nitrogen and oxygen atoms in total. The van der Waals surface area contributed by atoms with Gasteiger partial charge in [0.1, 0.15) is 24.7 Å². The molecule has 0 bridgehead atoms. The number of aliphatic hydroxyl groups excluding tert-OH is 2. The summed E-state index contributed by atoms with van der Waals surface area (Å²) in [6, 6.07) is 4.52. The van der Waals surface area contributed by atoms with Crippen LogP contribution in [0.2, 0.25) is 0 Å². The zero-order valence-electron chi connectivity index (χ0n) is 16.8. The van der Waals surface area contributed by atoms with Gasteiger partial charge in [0.25, 0.3) is 0 Å². The van der Waals surface area contributed by atoms with Crippen molar-refractivity contribution in [1.29, 1.82) is 0 Å². The number of unbranched alkanes of at least 4 members (excludes halogenated alkanes) is 2. The first-order valence-electron chi connectivity index (χ1n) is 10.2. The lowest BCUT2D eigenvalue weighted by Crippen LogP contribution is -2.19. The highest BCUT2D eigenvalue weighted by Gasteiger charge is 2.32. The molecule has 4 atom stereocenters. The summed E-state index contributed by atoms with van der Waals surface area (Å²) < 4.78 is 43.5. The zero-order valence-corrected chi connectivity index (χ0v) is 16.8. The monoisotopic (exact) mass is 426 g/mol. The van der Waals surface area contributed by atoms with Gasteiger partial charge >= 0.3 is 6.18 Å². The van der Waals surface area contributed by atoms with Crippen molar-refractivity contribution in [1.82, 2.24) is 0 Å². The number of allylic oxidation sites excluding steroid dienone is 2. The Bertz CT molecular complexity index is 715. The first-order chi connectivity index (χ1) is 14.3. The van der Waals surface area contributed by atoms with E-state index in [1.165, 1.54) is 18.2 Å². The number of ether oxygens (including phenoxy) is 1. The van der Waals surface area contributed by atoms with Gasteiger partial charge in [-0.3, -0.25) is 0 Å². The summed E-state index contributed by atoms with van der Waals surface area (Å²) in [6.07, 6.45) is 7.03. The Morgan fingerprint density at radius 2 is 2.00 bits per heavy atom. The number of aldehydes is 1. The minimum atomic E-state index is -4.45. The maximum atomic E-state index is 12.7. The predicted molar refractivity (Wildman–Crippen MR) is 108 cm³/mol. The molecule has 0 aromatic heterocycles. The Balaban J connectivity index is 1.83. The van der Waals surface area contributed by atoms with Crippen molar-refractivity contribution in [3.63, 3.8) is 0 Å². The van der Waals surface area contributed by atoms with Gasteiger partial charge in [-0.2, -0.15) is 13.2 Å². The van der Waals surface area contributed by atoms with E-state index in [1.807, 2.05) is 6.08 Å². The van der Waals surface area contributed by atoms with Crippen molar-refractivity contribution in [2.75, 3.05) is 6.61 Å². The number of halogens is 3. The highest BCUT2D eigenvalue weighted by Crippen LogP contribution is 2.36. The van der Waals surface area contributed by atoms with E-state index in [0.717, 1.165) is 44.1 Å². The maximum Gasteiger partial charge on any atom is 0.416 e. The molecule has 1 fully saturated rings. The van der Waals surface area contributed by atoms with Crippen molar-refractivity contribution in [3.05, 3.63) is 54.1 Å². The molecular formula is C23H29F3O4. The third-order valence-corrected chi connectivity index (χ3v) is 5.26. The fourth-order valence-electron chi connectivity index (χ4n) is 3.61. The van der Waals surface area contributed by atoms with Gasteiger partial charge in [0.05, 0.1) is 11.7 Å². The lowest BCUT2D eigenvalue weighted by molar-refractivity contribution is -0.137. The van der Waals surface area contributed by atoms with Crippen LogP contribution in [0.1, 0.15) is 44.1 Å². The van der Waals surface area contributed by atoms with E-state index in [1.54, 1.807) is 6.08 Å². The van der Waals surface area contributed by atoms with Crippen LogP contribution in [0.15, 0.2) is 48.6 Å². The minimum absolute atomic E-state index is 0.0377. The molecule has 1 aliphatic carbocycles. The largest absolute Gasteiger partial charge is 0.491 e. The molecular weight excluding hydrogens is 397 g/mol. The molecule has 0 radical (unpaired) electrons. The smallest absolute Gasteiger partial charge is 0.416 e. The Morgan fingerprint density at radius 3 is 2.73 bits per heavy atom. The SMILES string of the molecule is O=CCCC/C=C\C[C@H]1CC[C@@H](O)[C@@H]1/C=C/[C@@H](O)COc1cccc(C(F)(F)F)c1. The van der Waals surface area contributed by atoms with Gasteiger partial charge in [0.15, 0.2) is 0 Å². The molecule has 1 aromatic rings. The van der Waals surface area contributed by atoms with Crippen molar-refractivity contribution in [2.24, 2.45) is 11.8 Å². The van der Waals surface area contributed by atoms with Gasteiger partial charge in [-0.15, -0.1) is 0 Å². The van der Waals surface area contributed by atoms with Crippen molar-refractivity contribution in [2.45, 2.75) is 56.9 Å². The second kappa shape index (κ2) is 11.9. The number of alkyl halides is 3. The third kappa shape index (κ3) is 7.95. The Labute approximate surface area is 175 Å². The summed E-state index contributed by atoms with van der Waals surface area (Å²) in [6.45, 7) is -0.179. The molecule has 166 valence electrons. The molecule has 0 heterocycles. The Morgan fingerprint density at radius 1 is 1.20 bits per heavy atom. The molecule has 30 heavy (non-hydrogen) atoms. The van der Waals surface area contributed by atoms with Crippen LogP contribution in [0.25, 0.3) is 0 Å². The highest BCUT2D eigenvalue weighted by atomic mass is 19.4. The van der Waals surface area contributed by atoms with Gasteiger partial charge in [-0.25, -0.2) is 0 Å².